The van der Waals surface area contributed by atoms with Gasteiger partial charge in [0.15, 0.2) is 0 Å². The maximum Gasteiger partial charge on any atom is 0.405 e. The summed E-state index contributed by atoms with van der Waals surface area (Å²) in [7, 11) is 0. The van der Waals surface area contributed by atoms with E-state index < -0.39 is 31.4 Å². The minimum atomic E-state index is -4.47. The molecule has 43 heavy (non-hydrogen) atoms. The Hall–Kier alpha value is -3.92. The SMILES string of the molecule is O=C(NC1CCN(CCCCc2ccc3c(c2)-c2ccccc2C3C(=O)NCC(F)(F)F)CC1)c1ccccc1OCF. The number of carbonyl (C=O) groups excluding carboxylic acids is 2. The molecule has 3 aromatic carbocycles. The number of amides is 2. The van der Waals surface area contributed by atoms with Crippen molar-refractivity contribution in [2.24, 2.45) is 0 Å². The number of hydrogen-bond donors (Lipinski definition) is 2. The average Bonchev–Trinajstić information content (AvgIpc) is 3.33. The van der Waals surface area contributed by atoms with Crippen LogP contribution < -0.4 is 15.4 Å². The number of rotatable bonds is 11. The predicted molar refractivity (Wildman–Crippen MR) is 156 cm³/mol. The second-order valence-corrected chi connectivity index (χ2v) is 11.1. The fourth-order valence-corrected chi connectivity index (χ4v) is 6.04. The van der Waals surface area contributed by atoms with Gasteiger partial charge < -0.3 is 20.3 Å². The van der Waals surface area contributed by atoms with Crippen LogP contribution in [-0.2, 0) is 11.2 Å². The highest BCUT2D eigenvalue weighted by Crippen LogP contribution is 2.45. The lowest BCUT2D eigenvalue weighted by atomic mass is 9.94. The van der Waals surface area contributed by atoms with E-state index in [0.29, 0.717) is 5.56 Å². The zero-order valence-electron chi connectivity index (χ0n) is 23.8. The van der Waals surface area contributed by atoms with Gasteiger partial charge in [0.05, 0.1) is 11.5 Å². The van der Waals surface area contributed by atoms with Gasteiger partial charge >= 0.3 is 6.18 Å². The van der Waals surface area contributed by atoms with Crippen LogP contribution in [0.2, 0.25) is 0 Å². The van der Waals surface area contributed by atoms with Crippen molar-refractivity contribution < 1.29 is 31.9 Å². The molecule has 1 unspecified atom stereocenters. The van der Waals surface area contributed by atoms with Gasteiger partial charge in [0, 0.05) is 19.1 Å². The second kappa shape index (κ2) is 13.6. The minimum Gasteiger partial charge on any atom is -0.462 e. The Kier molecular flexibility index (Phi) is 9.65. The Morgan fingerprint density at radius 2 is 1.63 bits per heavy atom. The van der Waals surface area contributed by atoms with Crippen LogP contribution >= 0.6 is 0 Å². The third-order valence-electron chi connectivity index (χ3n) is 8.17. The number of benzene rings is 3. The highest BCUT2D eigenvalue weighted by Gasteiger charge is 2.36. The Balaban J connectivity index is 1.09. The molecule has 1 atom stereocenters. The monoisotopic (exact) mass is 597 g/mol. The molecule has 0 saturated carbocycles. The van der Waals surface area contributed by atoms with Crippen LogP contribution in [-0.4, -0.2) is 62.0 Å². The van der Waals surface area contributed by atoms with E-state index in [4.69, 9.17) is 4.74 Å². The number of alkyl halides is 4. The first-order valence-corrected chi connectivity index (χ1v) is 14.6. The van der Waals surface area contributed by atoms with Crippen LogP contribution in [0.3, 0.4) is 0 Å². The number of hydrogen-bond acceptors (Lipinski definition) is 4. The fourth-order valence-electron chi connectivity index (χ4n) is 6.04. The summed E-state index contributed by atoms with van der Waals surface area (Å²) >= 11 is 0. The Bertz CT molecular complexity index is 1440. The molecule has 0 spiro atoms. The fraction of sp³-hybridized carbons (Fsp3) is 0.394. The Morgan fingerprint density at radius 1 is 0.907 bits per heavy atom. The number of unbranched alkanes of at least 4 members (excludes halogenated alkanes) is 1. The molecule has 10 heteroatoms. The molecule has 0 radical (unpaired) electrons. The maximum atomic E-state index is 12.8. The van der Waals surface area contributed by atoms with Crippen molar-refractivity contribution in [2.75, 3.05) is 33.0 Å². The number of nitrogens with zero attached hydrogens (tertiary/aromatic N) is 1. The lowest BCUT2D eigenvalue weighted by Gasteiger charge is -2.32. The molecule has 1 fully saturated rings. The van der Waals surface area contributed by atoms with Crippen molar-refractivity contribution in [2.45, 2.75) is 50.2 Å². The molecule has 0 aromatic heterocycles. The van der Waals surface area contributed by atoms with Crippen LogP contribution in [0, 0.1) is 0 Å². The van der Waals surface area contributed by atoms with Gasteiger partial charge in [-0.3, -0.25) is 9.59 Å². The largest absolute Gasteiger partial charge is 0.462 e. The van der Waals surface area contributed by atoms with Crippen molar-refractivity contribution in [3.05, 3.63) is 89.0 Å². The number of piperidine rings is 1. The summed E-state index contributed by atoms with van der Waals surface area (Å²) in [6.07, 6.45) is 0.0262. The van der Waals surface area contributed by atoms with E-state index in [1.165, 1.54) is 0 Å². The van der Waals surface area contributed by atoms with Crippen LogP contribution in [0.25, 0.3) is 11.1 Å². The predicted octanol–water partition coefficient (Wildman–Crippen LogP) is 6.00. The summed E-state index contributed by atoms with van der Waals surface area (Å²) < 4.78 is 55.8. The number of fused-ring (bicyclic) bond motifs is 3. The van der Waals surface area contributed by atoms with Crippen molar-refractivity contribution >= 4 is 11.8 Å². The van der Waals surface area contributed by atoms with Crippen molar-refractivity contribution in [1.82, 2.24) is 15.5 Å². The standard InChI is InChI=1S/C33H35F4N3O3/c34-21-43-29-11-4-3-10-27(29)31(41)39-23-14-17-40(18-15-23)16-6-5-7-22-12-13-26-28(19-22)24-8-1-2-9-25(24)30(26)32(42)38-20-33(35,36)37/h1-4,8-13,19,23,30H,5-7,14-18,20-21H2,(H,38,42)(H,39,41). The summed E-state index contributed by atoms with van der Waals surface area (Å²) in [5.41, 5.74) is 4.72. The van der Waals surface area contributed by atoms with Gasteiger partial charge in [0.25, 0.3) is 5.91 Å². The smallest absolute Gasteiger partial charge is 0.405 e. The normalized spacial score (nSPS) is 16.8. The first kappa shape index (κ1) is 30.5. The van der Waals surface area contributed by atoms with Gasteiger partial charge in [-0.25, -0.2) is 4.39 Å². The van der Waals surface area contributed by atoms with E-state index in [2.05, 4.69) is 21.6 Å². The quantitative estimate of drug-likeness (QED) is 0.210. The molecule has 5 rings (SSSR count). The number of ether oxygens (including phenoxy) is 1. The topological polar surface area (TPSA) is 70.7 Å². The van der Waals surface area contributed by atoms with Crippen LogP contribution in [0.1, 0.15) is 58.6 Å². The Labute approximate surface area is 248 Å². The molecule has 6 nitrogen and oxygen atoms in total. The summed E-state index contributed by atoms with van der Waals surface area (Å²) in [5.74, 6) is -1.42. The second-order valence-electron chi connectivity index (χ2n) is 11.1. The van der Waals surface area contributed by atoms with Crippen LogP contribution in [0.4, 0.5) is 17.6 Å². The first-order chi connectivity index (χ1) is 20.7. The molecule has 3 aromatic rings. The van der Waals surface area contributed by atoms with Crippen LogP contribution in [0.15, 0.2) is 66.7 Å². The number of aryl methyl sites for hydroxylation is 1. The molecular formula is C33H35F4N3O3. The third-order valence-corrected chi connectivity index (χ3v) is 8.17. The summed E-state index contributed by atoms with van der Waals surface area (Å²) in [6, 6.07) is 20.0. The zero-order chi connectivity index (χ0) is 30.4. The molecule has 1 heterocycles. The van der Waals surface area contributed by atoms with Gasteiger partial charge in [-0.1, -0.05) is 54.6 Å². The van der Waals surface area contributed by atoms with E-state index >= 15 is 0 Å². The molecule has 2 amide bonds. The molecule has 1 saturated heterocycles. The maximum absolute atomic E-state index is 12.8. The lowest BCUT2D eigenvalue weighted by molar-refractivity contribution is -0.138. The molecule has 228 valence electrons. The molecule has 1 aliphatic heterocycles. The van der Waals surface area contributed by atoms with Gasteiger partial charge in [-0.05, 0) is 78.6 Å². The number of carbonyl (C=O) groups is 2. The van der Waals surface area contributed by atoms with Gasteiger partial charge in [0.2, 0.25) is 12.8 Å². The van der Waals surface area contributed by atoms with Crippen molar-refractivity contribution in [3.63, 3.8) is 0 Å². The minimum absolute atomic E-state index is 0.0517. The Morgan fingerprint density at radius 3 is 2.40 bits per heavy atom. The van der Waals surface area contributed by atoms with E-state index in [9.17, 15) is 27.2 Å². The molecule has 0 bridgehead atoms. The van der Waals surface area contributed by atoms with Gasteiger partial charge in [0.1, 0.15) is 12.3 Å². The highest BCUT2D eigenvalue weighted by molar-refractivity contribution is 5.97. The number of nitrogens with one attached hydrogen (secondary N) is 2. The van der Waals surface area contributed by atoms with Crippen molar-refractivity contribution in [1.29, 1.82) is 0 Å². The number of para-hydroxylation sites is 1. The van der Waals surface area contributed by atoms with Crippen molar-refractivity contribution in [3.8, 4) is 16.9 Å². The third kappa shape index (κ3) is 7.54. The molecule has 2 aliphatic rings. The summed E-state index contributed by atoms with van der Waals surface area (Å²) in [4.78, 5) is 27.9. The molecule has 2 N–H and O–H groups in total. The number of halogens is 4. The first-order valence-electron chi connectivity index (χ1n) is 14.6. The lowest BCUT2D eigenvalue weighted by Crippen LogP contribution is -2.44. The average molecular weight is 598 g/mol. The van der Waals surface area contributed by atoms with E-state index in [0.717, 1.165) is 79.6 Å². The van der Waals surface area contributed by atoms with E-state index in [1.807, 2.05) is 30.3 Å². The molecular weight excluding hydrogens is 562 g/mol. The zero-order valence-corrected chi connectivity index (χ0v) is 23.8. The van der Waals surface area contributed by atoms with Crippen LogP contribution in [0.5, 0.6) is 5.75 Å². The molecule has 1 aliphatic carbocycles. The highest BCUT2D eigenvalue weighted by atomic mass is 19.4. The van der Waals surface area contributed by atoms with Gasteiger partial charge in [-0.2, -0.15) is 13.2 Å². The van der Waals surface area contributed by atoms with Gasteiger partial charge in [-0.15, -0.1) is 0 Å². The van der Waals surface area contributed by atoms with E-state index in [1.54, 1.807) is 30.3 Å². The summed E-state index contributed by atoms with van der Waals surface area (Å²) in [6.45, 7) is 0.359. The number of likely N-dealkylation sites (tertiary alicyclic amines) is 1. The summed E-state index contributed by atoms with van der Waals surface area (Å²) in [5, 5.41) is 5.10. The van der Waals surface area contributed by atoms with E-state index in [-0.39, 0.29) is 17.7 Å².